The van der Waals surface area contributed by atoms with Gasteiger partial charge >= 0.3 is 0 Å². The number of hydrogen-bond acceptors (Lipinski definition) is 3. The summed E-state index contributed by atoms with van der Waals surface area (Å²) in [6.07, 6.45) is 5.34. The molecule has 0 aromatic heterocycles. The second-order valence-corrected chi connectivity index (χ2v) is 4.92. The van der Waals surface area contributed by atoms with Crippen LogP contribution in [0.4, 0.5) is 5.69 Å². The lowest BCUT2D eigenvalue weighted by Crippen LogP contribution is -2.15. The Labute approximate surface area is 127 Å². The molecule has 0 saturated carbocycles. The van der Waals surface area contributed by atoms with Crippen LogP contribution in [0.5, 0.6) is 0 Å². The molecule has 0 aliphatic rings. The van der Waals surface area contributed by atoms with Crippen molar-refractivity contribution in [1.29, 1.82) is 0 Å². The van der Waals surface area contributed by atoms with Crippen LogP contribution in [0, 0.1) is 15.9 Å². The van der Waals surface area contributed by atoms with Crippen molar-refractivity contribution in [3.05, 3.63) is 27.8 Å². The van der Waals surface area contributed by atoms with Gasteiger partial charge in [-0.15, -0.1) is 6.42 Å². The van der Waals surface area contributed by atoms with Gasteiger partial charge in [0.05, 0.1) is 26.2 Å². The van der Waals surface area contributed by atoms with Crippen LogP contribution in [0.15, 0.2) is 24.3 Å². The van der Waals surface area contributed by atoms with E-state index in [1.807, 2.05) is 24.3 Å². The number of carbonyl (C=O) groups is 1. The monoisotopic (exact) mass is 373 g/mol. The molecule has 4 nitrogen and oxygen atoms in total. The highest BCUT2D eigenvalue weighted by molar-refractivity contribution is 14.1. The molecule has 1 aromatic rings. The Morgan fingerprint density at radius 2 is 1.89 bits per heavy atom. The zero-order valence-corrected chi connectivity index (χ0v) is 12.7. The largest absolute Gasteiger partial charge is 0.379 e. The summed E-state index contributed by atoms with van der Waals surface area (Å²) in [4.78, 5) is 11.6. The van der Waals surface area contributed by atoms with Gasteiger partial charge in [0.2, 0.25) is 5.91 Å². The number of rotatable bonds is 8. The standard InChI is InChI=1S/C14H16INO3/c1-2-8-18-10-11-19-9-7-14(17)16-13-5-3-12(15)4-6-13/h1,3-6H,7-11H2,(H,16,17). The van der Waals surface area contributed by atoms with Gasteiger partial charge in [-0.25, -0.2) is 0 Å². The fourth-order valence-electron chi connectivity index (χ4n) is 1.27. The van der Waals surface area contributed by atoms with Crippen LogP contribution in [0.2, 0.25) is 0 Å². The third kappa shape index (κ3) is 7.82. The van der Waals surface area contributed by atoms with Crippen molar-refractivity contribution in [3.8, 4) is 12.3 Å². The molecule has 0 aliphatic heterocycles. The minimum atomic E-state index is -0.0641. The van der Waals surface area contributed by atoms with Gasteiger partial charge in [-0.1, -0.05) is 5.92 Å². The van der Waals surface area contributed by atoms with Crippen LogP contribution in [0.1, 0.15) is 6.42 Å². The first kappa shape index (κ1) is 16.0. The van der Waals surface area contributed by atoms with Crippen molar-refractivity contribution < 1.29 is 14.3 Å². The first-order chi connectivity index (χ1) is 9.22. The fraction of sp³-hybridized carbons (Fsp3) is 0.357. The van der Waals surface area contributed by atoms with E-state index in [1.54, 1.807) is 0 Å². The van der Waals surface area contributed by atoms with Gasteiger partial charge in [-0.2, -0.15) is 0 Å². The lowest BCUT2D eigenvalue weighted by atomic mass is 10.3. The number of terminal acetylenes is 1. The summed E-state index contributed by atoms with van der Waals surface area (Å²) in [5.74, 6) is 2.30. The van der Waals surface area contributed by atoms with Gasteiger partial charge in [0.1, 0.15) is 6.61 Å². The maximum Gasteiger partial charge on any atom is 0.226 e. The number of benzene rings is 1. The molecule has 0 heterocycles. The van der Waals surface area contributed by atoms with Crippen molar-refractivity contribution in [2.24, 2.45) is 0 Å². The van der Waals surface area contributed by atoms with Crippen molar-refractivity contribution in [3.63, 3.8) is 0 Å². The lowest BCUT2D eigenvalue weighted by Gasteiger charge is -2.06. The Balaban J connectivity index is 2.08. The number of anilines is 1. The summed E-state index contributed by atoms with van der Waals surface area (Å²) >= 11 is 2.21. The zero-order valence-electron chi connectivity index (χ0n) is 10.5. The Bertz CT molecular complexity index is 425. The van der Waals surface area contributed by atoms with E-state index in [2.05, 4.69) is 33.8 Å². The Kier molecular flexibility index (Phi) is 8.21. The molecule has 0 saturated heterocycles. The molecule has 102 valence electrons. The van der Waals surface area contributed by atoms with Crippen molar-refractivity contribution in [2.75, 3.05) is 31.7 Å². The second-order valence-electron chi connectivity index (χ2n) is 3.67. The summed E-state index contributed by atoms with van der Waals surface area (Å²) in [5.41, 5.74) is 0.794. The zero-order chi connectivity index (χ0) is 13.9. The molecule has 1 amide bonds. The summed E-state index contributed by atoms with van der Waals surface area (Å²) in [6, 6.07) is 7.62. The predicted octanol–water partition coefficient (Wildman–Crippen LogP) is 2.29. The van der Waals surface area contributed by atoms with Gasteiger partial charge < -0.3 is 14.8 Å². The van der Waals surface area contributed by atoms with Crippen LogP contribution >= 0.6 is 22.6 Å². The quantitative estimate of drug-likeness (QED) is 0.432. The average Bonchev–Trinajstić information content (AvgIpc) is 2.40. The van der Waals surface area contributed by atoms with Crippen LogP contribution in [0.25, 0.3) is 0 Å². The molecular weight excluding hydrogens is 357 g/mol. The summed E-state index contributed by atoms with van der Waals surface area (Å²) in [6.45, 7) is 1.55. The summed E-state index contributed by atoms with van der Waals surface area (Å²) < 4.78 is 11.4. The molecule has 0 fully saturated rings. The third-order valence-electron chi connectivity index (χ3n) is 2.16. The molecular formula is C14H16INO3. The predicted molar refractivity (Wildman–Crippen MR) is 82.9 cm³/mol. The molecule has 5 heteroatoms. The summed E-state index contributed by atoms with van der Waals surface area (Å²) in [5, 5.41) is 2.80. The van der Waals surface area contributed by atoms with Crippen LogP contribution in [-0.2, 0) is 14.3 Å². The smallest absolute Gasteiger partial charge is 0.226 e. The van der Waals surface area contributed by atoms with Gasteiger partial charge in [0.25, 0.3) is 0 Å². The number of halogens is 1. The SMILES string of the molecule is C#CCOCCOCCC(=O)Nc1ccc(I)cc1. The van der Waals surface area contributed by atoms with E-state index in [0.717, 1.165) is 9.26 Å². The number of carbonyl (C=O) groups excluding carboxylic acids is 1. The van der Waals surface area contributed by atoms with E-state index in [1.165, 1.54) is 0 Å². The van der Waals surface area contributed by atoms with E-state index in [0.29, 0.717) is 26.2 Å². The lowest BCUT2D eigenvalue weighted by molar-refractivity contribution is -0.117. The highest BCUT2D eigenvalue weighted by Gasteiger charge is 2.02. The molecule has 19 heavy (non-hydrogen) atoms. The minimum absolute atomic E-state index is 0.0641. The van der Waals surface area contributed by atoms with Gasteiger partial charge in [-0.05, 0) is 46.9 Å². The van der Waals surface area contributed by atoms with E-state index in [9.17, 15) is 4.79 Å². The van der Waals surface area contributed by atoms with Gasteiger partial charge in [0.15, 0.2) is 0 Å². The molecule has 0 bridgehead atoms. The molecule has 0 atom stereocenters. The van der Waals surface area contributed by atoms with Crippen molar-refractivity contribution in [2.45, 2.75) is 6.42 Å². The molecule has 0 radical (unpaired) electrons. The van der Waals surface area contributed by atoms with Crippen LogP contribution < -0.4 is 5.32 Å². The Morgan fingerprint density at radius 1 is 1.21 bits per heavy atom. The average molecular weight is 373 g/mol. The molecule has 0 aliphatic carbocycles. The van der Waals surface area contributed by atoms with E-state index in [4.69, 9.17) is 15.9 Å². The Hall–Kier alpha value is -1.10. The number of amides is 1. The highest BCUT2D eigenvalue weighted by atomic mass is 127. The number of ether oxygens (including phenoxy) is 2. The fourth-order valence-corrected chi connectivity index (χ4v) is 1.63. The number of hydrogen-bond donors (Lipinski definition) is 1. The second kappa shape index (κ2) is 9.78. The molecule has 0 spiro atoms. The van der Waals surface area contributed by atoms with Crippen molar-refractivity contribution >= 4 is 34.2 Å². The first-order valence-corrected chi connectivity index (χ1v) is 6.94. The van der Waals surface area contributed by atoms with Crippen LogP contribution in [0.3, 0.4) is 0 Å². The summed E-state index contributed by atoms with van der Waals surface area (Å²) in [7, 11) is 0. The van der Waals surface area contributed by atoms with Crippen molar-refractivity contribution in [1.82, 2.24) is 0 Å². The van der Waals surface area contributed by atoms with Crippen LogP contribution in [-0.4, -0.2) is 32.3 Å². The number of nitrogens with one attached hydrogen (secondary N) is 1. The third-order valence-corrected chi connectivity index (χ3v) is 2.88. The molecule has 1 aromatic carbocycles. The maximum absolute atomic E-state index is 11.6. The van der Waals surface area contributed by atoms with Gasteiger partial charge in [0, 0.05) is 9.26 Å². The van der Waals surface area contributed by atoms with E-state index in [-0.39, 0.29) is 12.5 Å². The Morgan fingerprint density at radius 3 is 2.58 bits per heavy atom. The maximum atomic E-state index is 11.6. The van der Waals surface area contributed by atoms with E-state index >= 15 is 0 Å². The molecule has 0 unspecified atom stereocenters. The first-order valence-electron chi connectivity index (χ1n) is 5.86. The highest BCUT2D eigenvalue weighted by Crippen LogP contribution is 2.11. The minimum Gasteiger partial charge on any atom is -0.379 e. The molecule has 1 N–H and O–H groups in total. The molecule has 1 rings (SSSR count). The normalized spacial score (nSPS) is 9.89. The van der Waals surface area contributed by atoms with E-state index < -0.39 is 0 Å². The van der Waals surface area contributed by atoms with Gasteiger partial charge in [-0.3, -0.25) is 4.79 Å². The topological polar surface area (TPSA) is 47.6 Å².